The quantitative estimate of drug-likeness (QED) is 0.855. The van der Waals surface area contributed by atoms with Crippen molar-refractivity contribution in [2.45, 2.75) is 26.0 Å². The van der Waals surface area contributed by atoms with Crippen LogP contribution in [-0.2, 0) is 16.1 Å². The van der Waals surface area contributed by atoms with E-state index in [2.05, 4.69) is 9.88 Å². The van der Waals surface area contributed by atoms with Crippen LogP contribution >= 0.6 is 11.3 Å². The predicted molar refractivity (Wildman–Crippen MR) is 64.1 cm³/mol. The number of rotatable bonds is 5. The van der Waals surface area contributed by atoms with Crippen molar-refractivity contribution < 1.29 is 14.6 Å². The predicted octanol–water partition coefficient (Wildman–Crippen LogP) is 1.13. The van der Waals surface area contributed by atoms with Crippen LogP contribution in [0, 0.1) is 6.92 Å². The van der Waals surface area contributed by atoms with Gasteiger partial charge in [-0.25, -0.2) is 9.78 Å². The number of carboxylic acid groups (broad SMARTS) is 1. The van der Waals surface area contributed by atoms with Gasteiger partial charge in [0.1, 0.15) is 6.61 Å². The Balaban J connectivity index is 1.78. The van der Waals surface area contributed by atoms with Crippen LogP contribution in [0.25, 0.3) is 0 Å². The molecular formula is C11H16N2O3S. The van der Waals surface area contributed by atoms with Crippen LogP contribution in [0.3, 0.4) is 0 Å². The lowest BCUT2D eigenvalue weighted by Gasteiger charge is -2.47. The first-order chi connectivity index (χ1) is 7.98. The molecule has 1 fully saturated rings. The van der Waals surface area contributed by atoms with Crippen LogP contribution in [0.4, 0.5) is 0 Å². The van der Waals surface area contributed by atoms with Crippen LogP contribution in [0.5, 0.6) is 0 Å². The second-order valence-electron chi connectivity index (χ2n) is 4.64. The van der Waals surface area contributed by atoms with Gasteiger partial charge in [-0.3, -0.25) is 4.90 Å². The van der Waals surface area contributed by atoms with E-state index in [9.17, 15) is 4.79 Å². The van der Waals surface area contributed by atoms with Crippen molar-refractivity contribution in [2.24, 2.45) is 0 Å². The van der Waals surface area contributed by atoms with Crippen molar-refractivity contribution in [1.29, 1.82) is 0 Å². The van der Waals surface area contributed by atoms with Gasteiger partial charge in [0.25, 0.3) is 0 Å². The molecule has 1 aromatic heterocycles. The van der Waals surface area contributed by atoms with Crippen LogP contribution in [0.1, 0.15) is 17.5 Å². The molecule has 2 rings (SSSR count). The van der Waals surface area contributed by atoms with Gasteiger partial charge in [-0.05, 0) is 13.8 Å². The maximum atomic E-state index is 10.4. The molecular weight excluding hydrogens is 240 g/mol. The molecule has 94 valence electrons. The summed E-state index contributed by atoms with van der Waals surface area (Å²) in [5.74, 6) is -0.914. The summed E-state index contributed by atoms with van der Waals surface area (Å²) in [6, 6.07) is 0. The molecule has 17 heavy (non-hydrogen) atoms. The molecule has 0 atom stereocenters. The highest BCUT2D eigenvalue weighted by Gasteiger charge is 2.40. The second kappa shape index (κ2) is 4.72. The maximum Gasteiger partial charge on any atom is 0.329 e. The van der Waals surface area contributed by atoms with Gasteiger partial charge in [-0.15, -0.1) is 11.3 Å². The standard InChI is InChI=1S/C11H16N2O3S/c1-8-9(17-7-12-8)3-13-5-11(2,6-13)16-4-10(14)15/h7H,3-6H2,1-2H3,(H,14,15). The van der Waals surface area contributed by atoms with Gasteiger partial charge < -0.3 is 9.84 Å². The number of aliphatic carboxylic acids is 1. The third-order valence-corrected chi connectivity index (χ3v) is 3.79. The third-order valence-electron chi connectivity index (χ3n) is 2.87. The Hall–Kier alpha value is -0.980. The van der Waals surface area contributed by atoms with Crippen molar-refractivity contribution >= 4 is 17.3 Å². The molecule has 0 amide bonds. The molecule has 6 heteroatoms. The Morgan fingerprint density at radius 2 is 2.41 bits per heavy atom. The van der Waals surface area contributed by atoms with E-state index in [1.807, 2.05) is 19.4 Å². The van der Waals surface area contributed by atoms with Gasteiger partial charge in [0.05, 0.1) is 16.8 Å². The van der Waals surface area contributed by atoms with Gasteiger partial charge in [0.15, 0.2) is 0 Å². The Morgan fingerprint density at radius 3 is 2.94 bits per heavy atom. The smallest absolute Gasteiger partial charge is 0.329 e. The molecule has 0 unspecified atom stereocenters. The molecule has 1 aliphatic rings. The molecule has 2 heterocycles. The van der Waals surface area contributed by atoms with Gasteiger partial charge >= 0.3 is 5.97 Å². The monoisotopic (exact) mass is 256 g/mol. The summed E-state index contributed by atoms with van der Waals surface area (Å²) in [4.78, 5) is 18.1. The topological polar surface area (TPSA) is 62.7 Å². The lowest BCUT2D eigenvalue weighted by atomic mass is 9.96. The second-order valence-corrected chi connectivity index (χ2v) is 5.58. The van der Waals surface area contributed by atoms with Crippen LogP contribution in [-0.4, -0.2) is 46.3 Å². The highest BCUT2D eigenvalue weighted by atomic mass is 32.1. The minimum atomic E-state index is -0.914. The summed E-state index contributed by atoms with van der Waals surface area (Å²) >= 11 is 1.66. The zero-order chi connectivity index (χ0) is 12.5. The summed E-state index contributed by atoms with van der Waals surface area (Å²) in [6.45, 7) is 6.17. The van der Waals surface area contributed by atoms with Crippen molar-refractivity contribution in [3.05, 3.63) is 16.1 Å². The SMILES string of the molecule is Cc1ncsc1CN1CC(C)(OCC(=O)O)C1. The van der Waals surface area contributed by atoms with Crippen molar-refractivity contribution in [3.8, 4) is 0 Å². The molecule has 0 aromatic carbocycles. The number of aryl methyl sites for hydroxylation is 1. The Bertz CT molecular complexity index is 413. The molecule has 1 aromatic rings. The fourth-order valence-electron chi connectivity index (χ4n) is 2.02. The number of carbonyl (C=O) groups is 1. The lowest BCUT2D eigenvalue weighted by Crippen LogP contribution is -2.61. The minimum Gasteiger partial charge on any atom is -0.480 e. The molecule has 5 nitrogen and oxygen atoms in total. The summed E-state index contributed by atoms with van der Waals surface area (Å²) < 4.78 is 5.35. The zero-order valence-corrected chi connectivity index (χ0v) is 10.8. The van der Waals surface area contributed by atoms with E-state index in [-0.39, 0.29) is 12.2 Å². The van der Waals surface area contributed by atoms with Crippen LogP contribution in [0.2, 0.25) is 0 Å². The van der Waals surface area contributed by atoms with Crippen LogP contribution < -0.4 is 0 Å². The van der Waals surface area contributed by atoms with Gasteiger partial charge in [-0.2, -0.15) is 0 Å². The number of carboxylic acids is 1. The lowest BCUT2D eigenvalue weighted by molar-refractivity contribution is -0.165. The third kappa shape index (κ3) is 3.02. The van der Waals surface area contributed by atoms with Crippen molar-refractivity contribution in [1.82, 2.24) is 9.88 Å². The number of hydrogen-bond acceptors (Lipinski definition) is 5. The first-order valence-electron chi connectivity index (χ1n) is 5.46. The molecule has 1 N–H and O–H groups in total. The van der Waals surface area contributed by atoms with E-state index >= 15 is 0 Å². The molecule has 0 spiro atoms. The van der Waals surface area contributed by atoms with E-state index < -0.39 is 5.97 Å². The normalized spacial score (nSPS) is 18.9. The van der Waals surface area contributed by atoms with Gasteiger partial charge in [0.2, 0.25) is 0 Å². The number of ether oxygens (including phenoxy) is 1. The summed E-state index contributed by atoms with van der Waals surface area (Å²) in [5.41, 5.74) is 2.62. The molecule has 0 aliphatic carbocycles. The number of aromatic nitrogens is 1. The van der Waals surface area contributed by atoms with Gasteiger partial charge in [-0.1, -0.05) is 0 Å². The number of thiazole rings is 1. The molecule has 0 bridgehead atoms. The van der Waals surface area contributed by atoms with Crippen LogP contribution in [0.15, 0.2) is 5.51 Å². The van der Waals surface area contributed by atoms with E-state index in [0.717, 1.165) is 25.3 Å². The number of nitrogens with zero attached hydrogens (tertiary/aromatic N) is 2. The summed E-state index contributed by atoms with van der Waals surface area (Å²) in [7, 11) is 0. The fourth-order valence-corrected chi connectivity index (χ4v) is 2.84. The Morgan fingerprint density at radius 1 is 1.71 bits per heavy atom. The Kier molecular flexibility index (Phi) is 3.46. The summed E-state index contributed by atoms with van der Waals surface area (Å²) in [6.07, 6.45) is 0. The molecule has 1 aliphatic heterocycles. The van der Waals surface area contributed by atoms with Crippen molar-refractivity contribution in [2.75, 3.05) is 19.7 Å². The highest BCUT2D eigenvalue weighted by Crippen LogP contribution is 2.27. The Labute approximate surface area is 104 Å². The zero-order valence-electron chi connectivity index (χ0n) is 9.97. The van der Waals surface area contributed by atoms with E-state index in [1.54, 1.807) is 11.3 Å². The van der Waals surface area contributed by atoms with E-state index in [0.29, 0.717) is 0 Å². The first kappa shape index (κ1) is 12.5. The van der Waals surface area contributed by atoms with E-state index in [4.69, 9.17) is 9.84 Å². The first-order valence-corrected chi connectivity index (χ1v) is 6.33. The average molecular weight is 256 g/mol. The van der Waals surface area contributed by atoms with E-state index in [1.165, 1.54) is 4.88 Å². The number of hydrogen-bond donors (Lipinski definition) is 1. The van der Waals surface area contributed by atoms with Crippen molar-refractivity contribution in [3.63, 3.8) is 0 Å². The summed E-state index contributed by atoms with van der Waals surface area (Å²) in [5, 5.41) is 8.56. The van der Waals surface area contributed by atoms with Gasteiger partial charge in [0, 0.05) is 24.5 Å². The maximum absolute atomic E-state index is 10.4. The number of likely N-dealkylation sites (tertiary alicyclic amines) is 1. The largest absolute Gasteiger partial charge is 0.480 e. The molecule has 0 radical (unpaired) electrons. The minimum absolute atomic E-state index is 0.218. The molecule has 0 saturated carbocycles. The highest BCUT2D eigenvalue weighted by molar-refractivity contribution is 7.09. The molecule has 1 saturated heterocycles. The fraction of sp³-hybridized carbons (Fsp3) is 0.636. The average Bonchev–Trinajstić information content (AvgIpc) is 2.59.